The number of esters is 1. The van der Waals surface area contributed by atoms with Crippen molar-refractivity contribution in [2.24, 2.45) is 5.92 Å². The van der Waals surface area contributed by atoms with E-state index in [2.05, 4.69) is 54.6 Å². The average molecular weight is 459 g/mol. The second-order valence-corrected chi connectivity index (χ2v) is 10.4. The molecule has 0 N–H and O–H groups in total. The summed E-state index contributed by atoms with van der Waals surface area (Å²) in [4.78, 5) is 15.8. The van der Waals surface area contributed by atoms with Crippen LogP contribution in [-0.4, -0.2) is 40.7 Å². The highest BCUT2D eigenvalue weighted by atomic mass is 35.5. The number of ether oxygens (including phenoxy) is 1. The summed E-state index contributed by atoms with van der Waals surface area (Å²) in [5.74, 6) is 0.478. The molecule has 0 amide bonds. The number of hydrogen-bond acceptors (Lipinski definition) is 3. The summed E-state index contributed by atoms with van der Waals surface area (Å²) in [6.07, 6.45) is 11.5. The molecular formula is C27H39ClN2O2. The second-order valence-electron chi connectivity index (χ2n) is 10.4. The van der Waals surface area contributed by atoms with Crippen LogP contribution in [0.2, 0.25) is 0 Å². The molecule has 5 heteroatoms. The van der Waals surface area contributed by atoms with E-state index in [0.717, 1.165) is 45.2 Å². The topological polar surface area (TPSA) is 34.5 Å². The minimum atomic E-state index is -0.00119. The summed E-state index contributed by atoms with van der Waals surface area (Å²) in [5.41, 5.74) is 4.30. The second kappa shape index (κ2) is 9.77. The first-order valence-electron chi connectivity index (χ1n) is 12.6. The zero-order valence-electron chi connectivity index (χ0n) is 19.9. The number of hydrogen-bond donors (Lipinski definition) is 0. The first-order chi connectivity index (χ1) is 15.1. The Morgan fingerprint density at radius 3 is 2.69 bits per heavy atom. The van der Waals surface area contributed by atoms with Crippen molar-refractivity contribution in [3.63, 3.8) is 0 Å². The van der Waals surface area contributed by atoms with Crippen LogP contribution in [0.1, 0.15) is 88.8 Å². The van der Waals surface area contributed by atoms with Crippen LogP contribution in [0.4, 0.5) is 0 Å². The Morgan fingerprint density at radius 1 is 1.19 bits per heavy atom. The number of carbonyl (C=O) groups is 1. The third kappa shape index (κ3) is 4.21. The van der Waals surface area contributed by atoms with Crippen molar-refractivity contribution in [2.75, 3.05) is 13.1 Å². The van der Waals surface area contributed by atoms with E-state index in [0.29, 0.717) is 18.0 Å². The van der Waals surface area contributed by atoms with Crippen LogP contribution in [0.3, 0.4) is 0 Å². The van der Waals surface area contributed by atoms with Crippen LogP contribution in [0.5, 0.6) is 0 Å². The Labute approximate surface area is 199 Å². The maximum atomic E-state index is 13.2. The lowest BCUT2D eigenvalue weighted by Gasteiger charge is -2.46. The lowest BCUT2D eigenvalue weighted by atomic mass is 9.72. The SMILES string of the molecule is CCCN1C[C@H](C(=O)OC2CCCCC2)CC2c3cccc4c3c(cn4C(C)C)CC21.Cl. The van der Waals surface area contributed by atoms with Crippen molar-refractivity contribution in [3.8, 4) is 0 Å². The Morgan fingerprint density at radius 2 is 1.97 bits per heavy atom. The van der Waals surface area contributed by atoms with E-state index in [-0.39, 0.29) is 30.4 Å². The number of aromatic nitrogens is 1. The first-order valence-corrected chi connectivity index (χ1v) is 12.6. The summed E-state index contributed by atoms with van der Waals surface area (Å²) in [5, 5.41) is 1.45. The monoisotopic (exact) mass is 458 g/mol. The Balaban J connectivity index is 0.00000245. The van der Waals surface area contributed by atoms with Crippen molar-refractivity contribution >= 4 is 29.3 Å². The van der Waals surface area contributed by atoms with Crippen LogP contribution in [0, 0.1) is 5.92 Å². The van der Waals surface area contributed by atoms with Crippen LogP contribution >= 0.6 is 12.4 Å². The maximum Gasteiger partial charge on any atom is 0.310 e. The highest BCUT2D eigenvalue weighted by Gasteiger charge is 2.43. The van der Waals surface area contributed by atoms with Crippen LogP contribution in [-0.2, 0) is 16.0 Å². The van der Waals surface area contributed by atoms with Gasteiger partial charge in [0, 0.05) is 41.6 Å². The molecule has 2 aromatic rings. The van der Waals surface area contributed by atoms with Gasteiger partial charge in [-0.2, -0.15) is 0 Å². The summed E-state index contributed by atoms with van der Waals surface area (Å²) in [6.45, 7) is 8.70. The fourth-order valence-corrected chi connectivity index (χ4v) is 6.52. The van der Waals surface area contributed by atoms with Crippen LogP contribution in [0.15, 0.2) is 24.4 Å². The molecule has 0 bridgehead atoms. The van der Waals surface area contributed by atoms with E-state index >= 15 is 0 Å². The number of fused-ring (bicyclic) bond motifs is 2. The summed E-state index contributed by atoms with van der Waals surface area (Å²) in [6, 6.07) is 7.77. The number of benzene rings is 1. The van der Waals surface area contributed by atoms with Gasteiger partial charge in [0.15, 0.2) is 0 Å². The van der Waals surface area contributed by atoms with E-state index in [9.17, 15) is 4.79 Å². The van der Waals surface area contributed by atoms with Crippen molar-refractivity contribution < 1.29 is 9.53 Å². The predicted octanol–water partition coefficient (Wildman–Crippen LogP) is 6.26. The minimum absolute atomic E-state index is 0. The van der Waals surface area contributed by atoms with Crippen molar-refractivity contribution in [1.29, 1.82) is 0 Å². The van der Waals surface area contributed by atoms with Gasteiger partial charge in [0.05, 0.1) is 5.92 Å². The van der Waals surface area contributed by atoms with Crippen LogP contribution < -0.4 is 0 Å². The molecule has 3 atom stereocenters. The molecule has 2 fully saturated rings. The van der Waals surface area contributed by atoms with Gasteiger partial charge in [-0.15, -0.1) is 12.4 Å². The molecule has 1 aromatic carbocycles. The van der Waals surface area contributed by atoms with Crippen molar-refractivity contribution in [2.45, 2.75) is 96.2 Å². The number of nitrogens with zero attached hydrogens (tertiary/aromatic N) is 2. The molecule has 2 heterocycles. The minimum Gasteiger partial charge on any atom is -0.462 e. The maximum absolute atomic E-state index is 13.2. The lowest BCUT2D eigenvalue weighted by Crippen LogP contribution is -2.52. The molecule has 32 heavy (non-hydrogen) atoms. The Kier molecular flexibility index (Phi) is 7.21. The third-order valence-electron chi connectivity index (χ3n) is 7.96. The number of carbonyl (C=O) groups excluding carboxylic acids is 1. The average Bonchev–Trinajstić information content (AvgIpc) is 3.15. The molecule has 2 unspecified atom stereocenters. The smallest absolute Gasteiger partial charge is 0.310 e. The predicted molar refractivity (Wildman–Crippen MR) is 133 cm³/mol. The van der Waals surface area contributed by atoms with E-state index in [4.69, 9.17) is 4.74 Å². The van der Waals surface area contributed by atoms with E-state index in [1.807, 2.05) is 0 Å². The van der Waals surface area contributed by atoms with E-state index < -0.39 is 0 Å². The number of piperidine rings is 1. The number of halogens is 1. The van der Waals surface area contributed by atoms with E-state index in [1.54, 1.807) is 0 Å². The van der Waals surface area contributed by atoms with Gasteiger partial charge >= 0.3 is 5.97 Å². The van der Waals surface area contributed by atoms with Gasteiger partial charge in [-0.3, -0.25) is 9.69 Å². The summed E-state index contributed by atoms with van der Waals surface area (Å²) < 4.78 is 8.48. The summed E-state index contributed by atoms with van der Waals surface area (Å²) in [7, 11) is 0. The quantitative estimate of drug-likeness (QED) is 0.496. The fraction of sp³-hybridized carbons (Fsp3) is 0.667. The normalized spacial score (nSPS) is 26.1. The molecule has 4 nitrogen and oxygen atoms in total. The Hall–Kier alpha value is -1.52. The molecule has 5 rings (SSSR count). The fourth-order valence-electron chi connectivity index (χ4n) is 6.52. The van der Waals surface area contributed by atoms with Gasteiger partial charge < -0.3 is 9.30 Å². The van der Waals surface area contributed by atoms with Gasteiger partial charge in [-0.1, -0.05) is 25.5 Å². The number of rotatable bonds is 5. The first kappa shape index (κ1) is 23.6. The molecule has 1 saturated heterocycles. The van der Waals surface area contributed by atoms with Gasteiger partial charge in [-0.25, -0.2) is 0 Å². The largest absolute Gasteiger partial charge is 0.462 e. The summed E-state index contributed by atoms with van der Waals surface area (Å²) >= 11 is 0. The van der Waals surface area contributed by atoms with Gasteiger partial charge in [0.1, 0.15) is 6.10 Å². The standard InChI is InChI=1S/C27H38N2O2.ClH/c1-4-13-28-16-20(27(30)31-21-9-6-5-7-10-21)14-23-22-11-8-12-24-26(22)19(15-25(23)28)17-29(24)18(2)3;/h8,11-12,17-18,20-21,23,25H,4-7,9-10,13-16H2,1-3H3;1H/t20-,23?,25?;/m1./s1. The Bertz CT molecular complexity index is 947. The molecular weight excluding hydrogens is 420 g/mol. The van der Waals surface area contributed by atoms with Crippen molar-refractivity contribution in [1.82, 2.24) is 9.47 Å². The van der Waals surface area contributed by atoms with Crippen LogP contribution in [0.25, 0.3) is 10.9 Å². The molecule has 1 aromatic heterocycles. The highest BCUT2D eigenvalue weighted by Crippen LogP contribution is 2.46. The molecule has 3 aliphatic rings. The lowest BCUT2D eigenvalue weighted by molar-refractivity contribution is -0.158. The van der Waals surface area contributed by atoms with Gasteiger partial charge in [0.25, 0.3) is 0 Å². The zero-order chi connectivity index (χ0) is 21.5. The molecule has 176 valence electrons. The molecule has 0 radical (unpaired) electrons. The number of likely N-dealkylation sites (tertiary alicyclic amines) is 1. The zero-order valence-corrected chi connectivity index (χ0v) is 20.7. The highest BCUT2D eigenvalue weighted by molar-refractivity contribution is 5.89. The van der Waals surface area contributed by atoms with E-state index in [1.165, 1.54) is 41.3 Å². The third-order valence-corrected chi connectivity index (χ3v) is 7.96. The molecule has 1 aliphatic heterocycles. The molecule has 0 spiro atoms. The van der Waals surface area contributed by atoms with Crippen molar-refractivity contribution in [3.05, 3.63) is 35.5 Å². The van der Waals surface area contributed by atoms with Gasteiger partial charge in [0.2, 0.25) is 0 Å². The van der Waals surface area contributed by atoms with Gasteiger partial charge in [-0.05, 0) is 82.5 Å². The molecule has 2 aliphatic carbocycles. The molecule has 1 saturated carbocycles.